The first-order valence-electron chi connectivity index (χ1n) is 5.91. The number of aryl methyl sites for hydroxylation is 1. The zero-order valence-corrected chi connectivity index (χ0v) is 10.4. The molecule has 0 bridgehead atoms. The maximum absolute atomic E-state index is 11.5. The molecule has 0 unspecified atom stereocenters. The number of hydrogen-bond acceptors (Lipinski definition) is 3. The molecule has 2 aromatic heterocycles. The van der Waals surface area contributed by atoms with Crippen molar-refractivity contribution in [1.29, 1.82) is 0 Å². The number of nitrogens with zero attached hydrogens (tertiary/aromatic N) is 1. The first kappa shape index (κ1) is 11.5. The van der Waals surface area contributed by atoms with E-state index < -0.39 is 5.91 Å². The number of aromatic nitrogens is 1. The molecule has 0 aliphatic rings. The lowest BCUT2D eigenvalue weighted by atomic mass is 10.1. The number of hydrogen-bond donors (Lipinski definition) is 1. The number of para-hydroxylation sites is 1. The number of primary amides is 1. The summed E-state index contributed by atoms with van der Waals surface area (Å²) in [5, 5.41) is 0.969. The highest BCUT2D eigenvalue weighted by molar-refractivity contribution is 5.99. The van der Waals surface area contributed by atoms with Gasteiger partial charge < -0.3 is 10.2 Å². The predicted molar refractivity (Wildman–Crippen MR) is 72.7 cm³/mol. The summed E-state index contributed by atoms with van der Waals surface area (Å²) in [5.41, 5.74) is 7.80. The van der Waals surface area contributed by atoms with Crippen LogP contribution in [-0.4, -0.2) is 10.9 Å². The monoisotopic (exact) mass is 252 g/mol. The molecule has 94 valence electrons. The number of furan rings is 1. The minimum atomic E-state index is -0.511. The van der Waals surface area contributed by atoms with E-state index in [1.54, 1.807) is 12.1 Å². The topological polar surface area (TPSA) is 69.1 Å². The molecule has 2 heterocycles. The molecule has 0 fully saturated rings. The van der Waals surface area contributed by atoms with Crippen LogP contribution in [0, 0.1) is 6.92 Å². The normalized spacial score (nSPS) is 10.8. The smallest absolute Gasteiger partial charge is 0.251 e. The summed E-state index contributed by atoms with van der Waals surface area (Å²) in [7, 11) is 0. The van der Waals surface area contributed by atoms with Gasteiger partial charge in [0.2, 0.25) is 0 Å². The number of pyridine rings is 1. The van der Waals surface area contributed by atoms with Crippen LogP contribution in [0.1, 0.15) is 16.1 Å². The number of carbonyl (C=O) groups is 1. The van der Waals surface area contributed by atoms with Crippen LogP contribution in [0.15, 0.2) is 46.9 Å². The van der Waals surface area contributed by atoms with Gasteiger partial charge >= 0.3 is 0 Å². The van der Waals surface area contributed by atoms with E-state index in [2.05, 4.69) is 4.98 Å². The Hall–Kier alpha value is -2.62. The molecule has 3 rings (SSSR count). The van der Waals surface area contributed by atoms with Gasteiger partial charge in [-0.05, 0) is 31.2 Å². The molecule has 0 aliphatic carbocycles. The van der Waals surface area contributed by atoms with Gasteiger partial charge in [0, 0.05) is 11.1 Å². The zero-order chi connectivity index (χ0) is 13.4. The average Bonchev–Trinajstić information content (AvgIpc) is 2.81. The van der Waals surface area contributed by atoms with Crippen molar-refractivity contribution in [3.05, 3.63) is 53.7 Å². The van der Waals surface area contributed by atoms with E-state index in [1.807, 2.05) is 37.3 Å². The Morgan fingerprint density at radius 1 is 1.21 bits per heavy atom. The zero-order valence-electron chi connectivity index (χ0n) is 10.4. The van der Waals surface area contributed by atoms with Gasteiger partial charge in [0.15, 0.2) is 5.76 Å². The molecule has 4 nitrogen and oxygen atoms in total. The summed E-state index contributed by atoms with van der Waals surface area (Å²) in [6.07, 6.45) is 0. The van der Waals surface area contributed by atoms with Crippen LogP contribution in [0.5, 0.6) is 0 Å². The van der Waals surface area contributed by atoms with Crippen LogP contribution >= 0.6 is 0 Å². The average molecular weight is 252 g/mol. The Morgan fingerprint density at radius 2 is 2.00 bits per heavy atom. The number of rotatable bonds is 2. The molecule has 19 heavy (non-hydrogen) atoms. The summed E-state index contributed by atoms with van der Waals surface area (Å²) >= 11 is 0. The number of nitrogens with two attached hydrogens (primary N) is 1. The highest BCUT2D eigenvalue weighted by Gasteiger charge is 2.15. The Kier molecular flexibility index (Phi) is 2.56. The molecular weight excluding hydrogens is 240 g/mol. The van der Waals surface area contributed by atoms with E-state index >= 15 is 0 Å². The molecule has 1 amide bonds. The molecule has 0 saturated carbocycles. The molecule has 0 atom stereocenters. The number of carbonyl (C=O) groups excluding carboxylic acids is 1. The number of amides is 1. The van der Waals surface area contributed by atoms with E-state index in [9.17, 15) is 4.79 Å². The predicted octanol–water partition coefficient (Wildman–Crippen LogP) is 2.90. The molecule has 0 radical (unpaired) electrons. The van der Waals surface area contributed by atoms with Crippen LogP contribution in [0.4, 0.5) is 0 Å². The summed E-state index contributed by atoms with van der Waals surface area (Å²) in [6.45, 7) is 1.86. The molecule has 0 aliphatic heterocycles. The lowest BCUT2D eigenvalue weighted by molar-refractivity contribution is 0.100. The van der Waals surface area contributed by atoms with Gasteiger partial charge in [-0.1, -0.05) is 18.2 Å². The minimum absolute atomic E-state index is 0.365. The first-order valence-corrected chi connectivity index (χ1v) is 5.91. The minimum Gasteiger partial charge on any atom is -0.454 e. The third-order valence-electron chi connectivity index (χ3n) is 2.96. The van der Waals surface area contributed by atoms with E-state index in [-0.39, 0.29) is 0 Å². The lowest BCUT2D eigenvalue weighted by Crippen LogP contribution is -2.13. The van der Waals surface area contributed by atoms with Gasteiger partial charge in [-0.25, -0.2) is 4.98 Å². The van der Waals surface area contributed by atoms with Gasteiger partial charge in [-0.3, -0.25) is 4.79 Å². The van der Waals surface area contributed by atoms with Crippen LogP contribution in [0.2, 0.25) is 0 Å². The highest BCUT2D eigenvalue weighted by Crippen LogP contribution is 2.28. The quantitative estimate of drug-likeness (QED) is 0.762. The summed E-state index contributed by atoms with van der Waals surface area (Å²) in [4.78, 5) is 15.8. The van der Waals surface area contributed by atoms with E-state index in [0.29, 0.717) is 17.0 Å². The van der Waals surface area contributed by atoms with Crippen molar-refractivity contribution in [2.45, 2.75) is 6.92 Å². The maximum Gasteiger partial charge on any atom is 0.251 e. The largest absolute Gasteiger partial charge is 0.454 e. The van der Waals surface area contributed by atoms with Crippen molar-refractivity contribution in [3.63, 3.8) is 0 Å². The second-order valence-electron chi connectivity index (χ2n) is 4.36. The standard InChI is InChI=1S/C15H12N2O2/c1-9-6-7-11(15(16)18)14(17-9)13-8-10-4-2-3-5-12(10)19-13/h2-8H,1H3,(H2,16,18). The Morgan fingerprint density at radius 3 is 2.74 bits per heavy atom. The van der Waals surface area contributed by atoms with Crippen LogP contribution in [0.25, 0.3) is 22.4 Å². The van der Waals surface area contributed by atoms with Gasteiger partial charge in [0.1, 0.15) is 11.3 Å². The Balaban J connectivity index is 2.25. The fraction of sp³-hybridized carbons (Fsp3) is 0.0667. The summed E-state index contributed by atoms with van der Waals surface area (Å²) in [6, 6.07) is 12.9. The van der Waals surface area contributed by atoms with Crippen LogP contribution < -0.4 is 5.73 Å². The molecule has 1 aromatic carbocycles. The van der Waals surface area contributed by atoms with E-state index in [4.69, 9.17) is 10.2 Å². The molecule has 4 heteroatoms. The second-order valence-corrected chi connectivity index (χ2v) is 4.36. The van der Waals surface area contributed by atoms with Crippen molar-refractivity contribution in [3.8, 4) is 11.5 Å². The van der Waals surface area contributed by atoms with Crippen molar-refractivity contribution in [1.82, 2.24) is 4.98 Å². The van der Waals surface area contributed by atoms with Crippen molar-refractivity contribution in [2.75, 3.05) is 0 Å². The number of fused-ring (bicyclic) bond motifs is 1. The van der Waals surface area contributed by atoms with Gasteiger partial charge in [-0.2, -0.15) is 0 Å². The van der Waals surface area contributed by atoms with Crippen molar-refractivity contribution < 1.29 is 9.21 Å². The lowest BCUT2D eigenvalue weighted by Gasteiger charge is -2.03. The SMILES string of the molecule is Cc1ccc(C(N)=O)c(-c2cc3ccccc3o2)n1. The Bertz CT molecular complexity index is 742. The first-order chi connectivity index (χ1) is 9.15. The van der Waals surface area contributed by atoms with Crippen LogP contribution in [-0.2, 0) is 0 Å². The number of benzene rings is 1. The molecule has 0 spiro atoms. The van der Waals surface area contributed by atoms with Crippen LogP contribution in [0.3, 0.4) is 0 Å². The van der Waals surface area contributed by atoms with Gasteiger partial charge in [0.05, 0.1) is 5.56 Å². The van der Waals surface area contributed by atoms with Gasteiger partial charge in [-0.15, -0.1) is 0 Å². The Labute approximate surface area is 109 Å². The fourth-order valence-electron chi connectivity index (χ4n) is 2.04. The van der Waals surface area contributed by atoms with Crippen molar-refractivity contribution >= 4 is 16.9 Å². The van der Waals surface area contributed by atoms with Crippen molar-refractivity contribution in [2.24, 2.45) is 5.73 Å². The third-order valence-corrected chi connectivity index (χ3v) is 2.96. The molecule has 2 N–H and O–H groups in total. The fourth-order valence-corrected chi connectivity index (χ4v) is 2.04. The second kappa shape index (κ2) is 4.24. The third kappa shape index (κ3) is 1.97. The maximum atomic E-state index is 11.5. The molecule has 3 aromatic rings. The summed E-state index contributed by atoms with van der Waals surface area (Å²) < 4.78 is 5.73. The molecular formula is C15H12N2O2. The molecule has 0 saturated heterocycles. The highest BCUT2D eigenvalue weighted by atomic mass is 16.3. The summed E-state index contributed by atoms with van der Waals surface area (Å²) in [5.74, 6) is 0.0432. The van der Waals surface area contributed by atoms with Gasteiger partial charge in [0.25, 0.3) is 5.91 Å². The van der Waals surface area contributed by atoms with E-state index in [0.717, 1.165) is 16.7 Å². The van der Waals surface area contributed by atoms with E-state index in [1.165, 1.54) is 0 Å².